The highest BCUT2D eigenvalue weighted by molar-refractivity contribution is 5.90. The van der Waals surface area contributed by atoms with E-state index in [-0.39, 0.29) is 18.7 Å². The van der Waals surface area contributed by atoms with Crippen molar-refractivity contribution in [3.05, 3.63) is 23.8 Å². The molecule has 0 unspecified atom stereocenters. The lowest BCUT2D eigenvalue weighted by molar-refractivity contribution is -0.156. The summed E-state index contributed by atoms with van der Waals surface area (Å²) in [6.07, 6.45) is 2.12. The molecule has 0 saturated heterocycles. The second-order valence-corrected chi connectivity index (χ2v) is 8.02. The molecule has 3 saturated carbocycles. The van der Waals surface area contributed by atoms with E-state index in [1.807, 2.05) is 0 Å². The van der Waals surface area contributed by atoms with Gasteiger partial charge in [0.2, 0.25) is 0 Å². The van der Waals surface area contributed by atoms with Gasteiger partial charge in [-0.05, 0) is 54.2 Å². The van der Waals surface area contributed by atoms with Crippen LogP contribution in [-0.2, 0) is 9.53 Å². The van der Waals surface area contributed by atoms with Gasteiger partial charge in [0.15, 0.2) is 18.1 Å². The van der Waals surface area contributed by atoms with Gasteiger partial charge in [-0.15, -0.1) is 0 Å². The zero-order valence-electron chi connectivity index (χ0n) is 15.8. The third-order valence-corrected chi connectivity index (χ3v) is 6.31. The van der Waals surface area contributed by atoms with Gasteiger partial charge >= 0.3 is 5.97 Å². The Bertz CT molecular complexity index is 714. The quantitative estimate of drug-likeness (QED) is 0.787. The summed E-state index contributed by atoms with van der Waals surface area (Å²) in [6, 6.07) is 4.76. The van der Waals surface area contributed by atoms with Crippen molar-refractivity contribution >= 4 is 11.9 Å². The zero-order chi connectivity index (χ0) is 19.1. The summed E-state index contributed by atoms with van der Waals surface area (Å²) in [4.78, 5) is 23.5. The Hall–Kier alpha value is -2.24. The van der Waals surface area contributed by atoms with Crippen molar-refractivity contribution in [3.63, 3.8) is 0 Å². The second-order valence-electron chi connectivity index (χ2n) is 8.02. The van der Waals surface area contributed by atoms with Crippen LogP contribution < -0.4 is 15.2 Å². The number of methoxy groups -OCH3 is 1. The largest absolute Gasteiger partial charge is 0.493 e. The number of ether oxygens (including phenoxy) is 3. The number of fused-ring (bicyclic) bond motifs is 2. The van der Waals surface area contributed by atoms with Crippen molar-refractivity contribution in [2.75, 3.05) is 13.7 Å². The Morgan fingerprint density at radius 2 is 1.96 bits per heavy atom. The van der Waals surface area contributed by atoms with E-state index < -0.39 is 5.91 Å². The van der Waals surface area contributed by atoms with Crippen LogP contribution in [-0.4, -0.2) is 31.7 Å². The predicted octanol–water partition coefficient (Wildman–Crippen LogP) is 2.79. The van der Waals surface area contributed by atoms with E-state index in [1.165, 1.54) is 13.5 Å². The van der Waals surface area contributed by atoms with Crippen molar-refractivity contribution in [1.82, 2.24) is 0 Å². The summed E-state index contributed by atoms with van der Waals surface area (Å²) in [5.74, 6) is 1.38. The Kier molecular flexibility index (Phi) is 4.86. The Balaban J connectivity index is 1.68. The molecule has 1 amide bonds. The molecule has 1 aromatic carbocycles. The molecule has 3 fully saturated rings. The highest BCUT2D eigenvalue weighted by Crippen LogP contribution is 2.61. The van der Waals surface area contributed by atoms with Crippen molar-refractivity contribution in [2.45, 2.75) is 39.7 Å². The van der Waals surface area contributed by atoms with Crippen molar-refractivity contribution in [3.8, 4) is 11.5 Å². The second kappa shape index (κ2) is 6.82. The SMILES string of the molecule is COc1cc(C(=O)O[C@@H]2C[C@H]3C[C@@H]([C@@H]2C)C3(C)C)ccc1OCC(N)=O. The van der Waals surface area contributed by atoms with Crippen LogP contribution in [0.15, 0.2) is 18.2 Å². The minimum atomic E-state index is -0.580. The topological polar surface area (TPSA) is 87.8 Å². The van der Waals surface area contributed by atoms with Gasteiger partial charge in [0.05, 0.1) is 12.7 Å². The van der Waals surface area contributed by atoms with Crippen LogP contribution in [0.3, 0.4) is 0 Å². The maximum Gasteiger partial charge on any atom is 0.338 e. The minimum Gasteiger partial charge on any atom is -0.493 e. The number of esters is 1. The third kappa shape index (κ3) is 3.24. The fourth-order valence-corrected chi connectivity index (χ4v) is 4.53. The number of carbonyl (C=O) groups excluding carboxylic acids is 2. The number of carbonyl (C=O) groups is 2. The molecule has 142 valence electrons. The summed E-state index contributed by atoms with van der Waals surface area (Å²) in [7, 11) is 1.47. The van der Waals surface area contributed by atoms with E-state index in [0.29, 0.717) is 40.2 Å². The first-order chi connectivity index (χ1) is 12.2. The van der Waals surface area contributed by atoms with E-state index in [2.05, 4.69) is 20.8 Å². The molecule has 6 nitrogen and oxygen atoms in total. The van der Waals surface area contributed by atoms with Gasteiger partial charge in [-0.2, -0.15) is 0 Å². The highest BCUT2D eigenvalue weighted by atomic mass is 16.5. The first-order valence-electron chi connectivity index (χ1n) is 9.04. The van der Waals surface area contributed by atoms with E-state index in [4.69, 9.17) is 19.9 Å². The fourth-order valence-electron chi connectivity index (χ4n) is 4.53. The van der Waals surface area contributed by atoms with Gasteiger partial charge in [0.1, 0.15) is 6.10 Å². The summed E-state index contributed by atoms with van der Waals surface area (Å²) in [6.45, 7) is 6.56. The molecular formula is C20H27NO5. The number of amides is 1. The number of primary amides is 1. The average Bonchev–Trinajstić information content (AvgIpc) is 2.60. The lowest BCUT2D eigenvalue weighted by Crippen LogP contribution is -2.57. The molecule has 0 spiro atoms. The van der Waals surface area contributed by atoms with Crippen LogP contribution in [0.4, 0.5) is 0 Å². The molecule has 6 heteroatoms. The molecule has 3 aliphatic carbocycles. The average molecular weight is 361 g/mol. The number of nitrogens with two attached hydrogens (primary N) is 1. The van der Waals surface area contributed by atoms with Gasteiger partial charge < -0.3 is 19.9 Å². The van der Waals surface area contributed by atoms with E-state index in [1.54, 1.807) is 18.2 Å². The Morgan fingerprint density at radius 1 is 1.23 bits per heavy atom. The van der Waals surface area contributed by atoms with E-state index in [9.17, 15) is 9.59 Å². The van der Waals surface area contributed by atoms with Gasteiger partial charge in [0, 0.05) is 0 Å². The molecule has 0 heterocycles. The smallest absolute Gasteiger partial charge is 0.338 e. The van der Waals surface area contributed by atoms with Crippen LogP contribution in [0.1, 0.15) is 44.0 Å². The summed E-state index contributed by atoms with van der Waals surface area (Å²) in [5.41, 5.74) is 5.84. The fraction of sp³-hybridized carbons (Fsp3) is 0.600. The third-order valence-electron chi connectivity index (χ3n) is 6.31. The van der Waals surface area contributed by atoms with Gasteiger partial charge in [0.25, 0.3) is 5.91 Å². The van der Waals surface area contributed by atoms with Gasteiger partial charge in [-0.1, -0.05) is 20.8 Å². The first-order valence-corrected chi connectivity index (χ1v) is 9.04. The lowest BCUT2D eigenvalue weighted by atomic mass is 9.45. The lowest BCUT2D eigenvalue weighted by Gasteiger charge is -2.61. The highest BCUT2D eigenvalue weighted by Gasteiger charge is 2.57. The van der Waals surface area contributed by atoms with Crippen LogP contribution >= 0.6 is 0 Å². The van der Waals surface area contributed by atoms with Gasteiger partial charge in [-0.25, -0.2) is 4.79 Å². The maximum absolute atomic E-state index is 12.6. The Labute approximate surface area is 154 Å². The van der Waals surface area contributed by atoms with Crippen LogP contribution in [0, 0.1) is 23.2 Å². The monoisotopic (exact) mass is 361 g/mol. The standard InChI is InChI=1S/C20H27NO5/c1-11-14-8-13(20(14,2)3)9-16(11)26-19(23)12-5-6-15(17(7-12)24-4)25-10-18(21)22/h5-7,11,13-14,16H,8-10H2,1-4H3,(H2,21,22)/t11-,13+,14-,16+/m0/s1. The molecule has 0 aliphatic heterocycles. The number of hydrogen-bond acceptors (Lipinski definition) is 5. The van der Waals surface area contributed by atoms with Crippen LogP contribution in [0.2, 0.25) is 0 Å². The minimum absolute atomic E-state index is 0.0453. The van der Waals surface area contributed by atoms with Crippen LogP contribution in [0.5, 0.6) is 11.5 Å². The molecule has 26 heavy (non-hydrogen) atoms. The number of rotatable bonds is 6. The molecule has 2 N–H and O–H groups in total. The number of benzene rings is 1. The van der Waals surface area contributed by atoms with Crippen molar-refractivity contribution < 1.29 is 23.8 Å². The molecule has 4 atom stereocenters. The van der Waals surface area contributed by atoms with E-state index in [0.717, 1.165) is 6.42 Å². The maximum atomic E-state index is 12.6. The number of hydrogen-bond donors (Lipinski definition) is 1. The normalized spacial score (nSPS) is 28.6. The van der Waals surface area contributed by atoms with Crippen LogP contribution in [0.25, 0.3) is 0 Å². The molecule has 3 aliphatic rings. The van der Waals surface area contributed by atoms with Crippen molar-refractivity contribution in [1.29, 1.82) is 0 Å². The van der Waals surface area contributed by atoms with Gasteiger partial charge in [-0.3, -0.25) is 4.79 Å². The summed E-state index contributed by atoms with van der Waals surface area (Å²) < 4.78 is 16.3. The predicted molar refractivity (Wildman–Crippen MR) is 96.0 cm³/mol. The molecular weight excluding hydrogens is 334 g/mol. The molecule has 4 rings (SSSR count). The Morgan fingerprint density at radius 3 is 2.54 bits per heavy atom. The summed E-state index contributed by atoms with van der Waals surface area (Å²) >= 11 is 0. The molecule has 1 aromatic rings. The van der Waals surface area contributed by atoms with Crippen molar-refractivity contribution in [2.24, 2.45) is 28.9 Å². The molecule has 0 radical (unpaired) electrons. The summed E-state index contributed by atoms with van der Waals surface area (Å²) in [5, 5.41) is 0. The first kappa shape index (κ1) is 18.5. The van der Waals surface area contributed by atoms with E-state index >= 15 is 0 Å². The molecule has 0 aromatic heterocycles. The zero-order valence-corrected chi connectivity index (χ0v) is 15.8. The molecule has 2 bridgehead atoms.